The number of hydrogen-bond donors (Lipinski definition) is 1. The molecule has 0 aromatic heterocycles. The van der Waals surface area contributed by atoms with Gasteiger partial charge in [0.15, 0.2) is 0 Å². The Morgan fingerprint density at radius 3 is 2.62 bits per heavy atom. The number of rotatable bonds is 5. The van der Waals surface area contributed by atoms with Crippen LogP contribution in [0.15, 0.2) is 40.9 Å². The van der Waals surface area contributed by atoms with Gasteiger partial charge in [-0.2, -0.15) is 0 Å². The zero-order valence-electron chi connectivity index (χ0n) is 11.6. The van der Waals surface area contributed by atoms with Gasteiger partial charge in [-0.05, 0) is 55.3 Å². The molecule has 2 aromatic carbocycles. The van der Waals surface area contributed by atoms with E-state index in [2.05, 4.69) is 15.9 Å². The van der Waals surface area contributed by atoms with Crippen molar-refractivity contribution in [3.8, 4) is 5.75 Å². The lowest BCUT2D eigenvalue weighted by molar-refractivity contribution is 0.295. The second-order valence-corrected chi connectivity index (χ2v) is 5.87. The van der Waals surface area contributed by atoms with Crippen LogP contribution in [-0.4, -0.2) is 6.04 Å². The largest absolute Gasteiger partial charge is 0.489 e. The van der Waals surface area contributed by atoms with E-state index in [9.17, 15) is 8.78 Å². The van der Waals surface area contributed by atoms with Gasteiger partial charge >= 0.3 is 0 Å². The molecule has 0 spiro atoms. The van der Waals surface area contributed by atoms with Crippen molar-refractivity contribution in [2.45, 2.75) is 26.0 Å². The zero-order chi connectivity index (χ0) is 15.4. The summed E-state index contributed by atoms with van der Waals surface area (Å²) in [6, 6.07) is 8.80. The average Bonchev–Trinajstić information content (AvgIpc) is 2.41. The Morgan fingerprint density at radius 2 is 1.90 bits per heavy atom. The summed E-state index contributed by atoms with van der Waals surface area (Å²) in [5, 5.41) is 0. The molecule has 112 valence electrons. The number of benzene rings is 2. The van der Waals surface area contributed by atoms with Gasteiger partial charge in [-0.15, -0.1) is 0 Å². The molecule has 2 nitrogen and oxygen atoms in total. The Labute approximate surface area is 131 Å². The highest BCUT2D eigenvalue weighted by Crippen LogP contribution is 2.23. The lowest BCUT2D eigenvalue weighted by atomic mass is 10.1. The van der Waals surface area contributed by atoms with Crippen LogP contribution in [0.25, 0.3) is 0 Å². The van der Waals surface area contributed by atoms with Crippen LogP contribution in [0.5, 0.6) is 5.75 Å². The number of ether oxygens (including phenoxy) is 1. The van der Waals surface area contributed by atoms with E-state index in [4.69, 9.17) is 10.5 Å². The van der Waals surface area contributed by atoms with Crippen molar-refractivity contribution in [2.75, 3.05) is 0 Å². The highest BCUT2D eigenvalue weighted by atomic mass is 79.9. The van der Waals surface area contributed by atoms with E-state index in [0.717, 1.165) is 4.47 Å². The third kappa shape index (κ3) is 4.51. The minimum Gasteiger partial charge on any atom is -0.489 e. The summed E-state index contributed by atoms with van der Waals surface area (Å²) < 4.78 is 33.4. The highest BCUT2D eigenvalue weighted by Gasteiger charge is 2.10. The summed E-state index contributed by atoms with van der Waals surface area (Å²) in [5.41, 5.74) is 6.86. The van der Waals surface area contributed by atoms with Gasteiger partial charge in [0.25, 0.3) is 0 Å². The molecule has 5 heteroatoms. The van der Waals surface area contributed by atoms with Crippen LogP contribution in [0.1, 0.15) is 18.1 Å². The van der Waals surface area contributed by atoms with Crippen LogP contribution in [0.4, 0.5) is 8.78 Å². The molecule has 0 aliphatic rings. The number of halogens is 3. The predicted molar refractivity (Wildman–Crippen MR) is 82.2 cm³/mol. The Hall–Kier alpha value is -1.46. The Balaban J connectivity index is 2.17. The maximum atomic E-state index is 13.7. The zero-order valence-corrected chi connectivity index (χ0v) is 13.2. The summed E-state index contributed by atoms with van der Waals surface area (Å²) in [4.78, 5) is 0. The molecule has 2 N–H and O–H groups in total. The summed E-state index contributed by atoms with van der Waals surface area (Å²) in [7, 11) is 0. The first-order valence-electron chi connectivity index (χ1n) is 6.56. The third-order valence-corrected chi connectivity index (χ3v) is 3.45. The summed E-state index contributed by atoms with van der Waals surface area (Å²) in [6.45, 7) is 1.91. The predicted octanol–water partition coefficient (Wildman–Crippen LogP) is 4.20. The second kappa shape index (κ2) is 7.00. The fourth-order valence-corrected chi connectivity index (χ4v) is 2.41. The van der Waals surface area contributed by atoms with Gasteiger partial charge in [-0.1, -0.05) is 15.9 Å². The Morgan fingerprint density at radius 1 is 1.14 bits per heavy atom. The molecule has 0 aliphatic carbocycles. The van der Waals surface area contributed by atoms with Crippen molar-refractivity contribution in [1.82, 2.24) is 0 Å². The van der Waals surface area contributed by atoms with Crippen molar-refractivity contribution in [2.24, 2.45) is 5.73 Å². The molecule has 1 atom stereocenters. The maximum absolute atomic E-state index is 13.7. The van der Waals surface area contributed by atoms with Gasteiger partial charge in [0, 0.05) is 16.1 Å². The molecule has 0 fully saturated rings. The van der Waals surface area contributed by atoms with Crippen LogP contribution in [-0.2, 0) is 13.0 Å². The van der Waals surface area contributed by atoms with Crippen molar-refractivity contribution >= 4 is 15.9 Å². The molecular formula is C16H16BrF2NO. The van der Waals surface area contributed by atoms with E-state index >= 15 is 0 Å². The second-order valence-electron chi connectivity index (χ2n) is 4.96. The monoisotopic (exact) mass is 355 g/mol. The topological polar surface area (TPSA) is 35.2 Å². The summed E-state index contributed by atoms with van der Waals surface area (Å²) in [5.74, 6) is -0.159. The van der Waals surface area contributed by atoms with Crippen LogP contribution >= 0.6 is 15.9 Å². The van der Waals surface area contributed by atoms with Crippen LogP contribution in [0.2, 0.25) is 0 Å². The van der Waals surface area contributed by atoms with Crippen molar-refractivity contribution in [1.29, 1.82) is 0 Å². The average molecular weight is 356 g/mol. The first kappa shape index (κ1) is 15.9. The molecule has 2 aromatic rings. The SMILES string of the molecule is CC(N)Cc1cc(F)ccc1OCc1cc(Br)ccc1F. The van der Waals surface area contributed by atoms with Gasteiger partial charge in [0.1, 0.15) is 24.0 Å². The van der Waals surface area contributed by atoms with E-state index in [1.165, 1.54) is 18.2 Å². The van der Waals surface area contributed by atoms with Gasteiger partial charge in [-0.25, -0.2) is 8.78 Å². The molecule has 0 aliphatic heterocycles. The van der Waals surface area contributed by atoms with E-state index in [1.54, 1.807) is 18.2 Å². The van der Waals surface area contributed by atoms with Crippen molar-refractivity contribution in [3.63, 3.8) is 0 Å². The number of hydrogen-bond acceptors (Lipinski definition) is 2. The van der Waals surface area contributed by atoms with Crippen molar-refractivity contribution in [3.05, 3.63) is 63.6 Å². The van der Waals surface area contributed by atoms with E-state index in [-0.39, 0.29) is 24.3 Å². The van der Waals surface area contributed by atoms with Gasteiger partial charge in [-0.3, -0.25) is 0 Å². The molecule has 21 heavy (non-hydrogen) atoms. The fourth-order valence-electron chi connectivity index (χ4n) is 2.00. The molecule has 2 rings (SSSR count). The maximum Gasteiger partial charge on any atom is 0.129 e. The Bertz CT molecular complexity index is 632. The molecule has 0 heterocycles. The van der Waals surface area contributed by atoms with Gasteiger partial charge < -0.3 is 10.5 Å². The molecule has 0 saturated heterocycles. The fraction of sp³-hybridized carbons (Fsp3) is 0.250. The van der Waals surface area contributed by atoms with Crippen LogP contribution in [0.3, 0.4) is 0 Å². The molecule has 0 saturated carbocycles. The van der Waals surface area contributed by atoms with Gasteiger partial charge in [0.05, 0.1) is 0 Å². The molecular weight excluding hydrogens is 340 g/mol. The molecule has 1 unspecified atom stereocenters. The smallest absolute Gasteiger partial charge is 0.129 e. The lowest BCUT2D eigenvalue weighted by Gasteiger charge is -2.14. The summed E-state index contributed by atoms with van der Waals surface area (Å²) >= 11 is 3.29. The van der Waals surface area contributed by atoms with Crippen molar-refractivity contribution < 1.29 is 13.5 Å². The van der Waals surface area contributed by atoms with E-state index < -0.39 is 0 Å². The first-order valence-corrected chi connectivity index (χ1v) is 7.35. The quantitative estimate of drug-likeness (QED) is 0.872. The highest BCUT2D eigenvalue weighted by molar-refractivity contribution is 9.10. The molecule has 0 amide bonds. The van der Waals surface area contributed by atoms with Crippen LogP contribution < -0.4 is 10.5 Å². The number of nitrogens with two attached hydrogens (primary N) is 1. The third-order valence-electron chi connectivity index (χ3n) is 2.96. The standard InChI is InChI=1S/C16H16BrF2NO/c1-10(20)6-11-8-14(18)3-5-16(11)21-9-12-7-13(17)2-4-15(12)19/h2-5,7-8,10H,6,9,20H2,1H3. The molecule has 0 radical (unpaired) electrons. The van der Waals surface area contributed by atoms with E-state index in [1.807, 2.05) is 6.92 Å². The molecule has 0 bridgehead atoms. The normalized spacial score (nSPS) is 12.2. The summed E-state index contributed by atoms with van der Waals surface area (Å²) in [6.07, 6.45) is 0.494. The lowest BCUT2D eigenvalue weighted by Crippen LogP contribution is -2.18. The van der Waals surface area contributed by atoms with Gasteiger partial charge in [0.2, 0.25) is 0 Å². The minimum absolute atomic E-state index is 0.0723. The first-order chi connectivity index (χ1) is 9.95. The van der Waals surface area contributed by atoms with E-state index in [0.29, 0.717) is 23.3 Å². The Kier molecular flexibility index (Phi) is 5.31. The minimum atomic E-state index is -0.341. The van der Waals surface area contributed by atoms with Crippen LogP contribution in [0, 0.1) is 11.6 Å².